The van der Waals surface area contributed by atoms with Gasteiger partial charge in [-0.05, 0) is 35.4 Å². The lowest BCUT2D eigenvalue weighted by Crippen LogP contribution is -2.24. The van der Waals surface area contributed by atoms with Gasteiger partial charge < -0.3 is 0 Å². The molecule has 2 heterocycles. The normalized spacial score (nSPS) is 14.5. The largest absolute Gasteiger partial charge is 0.417 e. The number of hydrogen-bond donors (Lipinski definition) is 0. The summed E-state index contributed by atoms with van der Waals surface area (Å²) in [6.45, 7) is 1.84. The van der Waals surface area contributed by atoms with E-state index in [9.17, 15) is 21.6 Å². The van der Waals surface area contributed by atoms with Crippen LogP contribution in [0.5, 0.6) is 0 Å². The molecule has 1 aromatic heterocycles. The molecule has 0 unspecified atom stereocenters. The average molecular weight is 540 g/mol. The fraction of sp³-hybridized carbons (Fsp3) is 0.208. The summed E-state index contributed by atoms with van der Waals surface area (Å²) in [6, 6.07) is 14.8. The molecule has 0 spiro atoms. The number of alkyl halides is 3. The third-order valence-electron chi connectivity index (χ3n) is 5.99. The number of hydrogen-bond acceptors (Lipinski definition) is 4. The van der Waals surface area contributed by atoms with E-state index < -0.39 is 26.7 Å². The van der Waals surface area contributed by atoms with Gasteiger partial charge in [-0.3, -0.25) is 4.90 Å². The second-order valence-electron chi connectivity index (χ2n) is 8.28. The van der Waals surface area contributed by atoms with Crippen LogP contribution in [0.15, 0.2) is 65.6 Å². The zero-order valence-electron chi connectivity index (χ0n) is 18.1. The summed E-state index contributed by atoms with van der Waals surface area (Å²) < 4.78 is 69.4. The first-order valence-corrected chi connectivity index (χ1v) is 12.8. The van der Waals surface area contributed by atoms with Crippen LogP contribution in [0, 0.1) is 0 Å². The Labute approximate surface area is 209 Å². The topological polar surface area (TPSA) is 55.2 Å². The van der Waals surface area contributed by atoms with E-state index in [1.54, 1.807) is 0 Å². The number of benzene rings is 3. The van der Waals surface area contributed by atoms with Crippen molar-refractivity contribution in [1.29, 1.82) is 0 Å². The summed E-state index contributed by atoms with van der Waals surface area (Å²) >= 11 is 12.3. The second-order valence-corrected chi connectivity index (χ2v) is 10.8. The maximum atomic E-state index is 13.7. The van der Waals surface area contributed by atoms with Gasteiger partial charge in [0.15, 0.2) is 0 Å². The molecule has 0 atom stereocenters. The molecule has 0 fully saturated rings. The van der Waals surface area contributed by atoms with E-state index in [0.29, 0.717) is 19.6 Å². The highest BCUT2D eigenvalue weighted by atomic mass is 35.5. The van der Waals surface area contributed by atoms with Crippen molar-refractivity contribution in [3.63, 3.8) is 0 Å². The van der Waals surface area contributed by atoms with Gasteiger partial charge in [-0.2, -0.15) is 13.2 Å². The molecule has 3 aromatic carbocycles. The van der Waals surface area contributed by atoms with Crippen molar-refractivity contribution in [3.8, 4) is 0 Å². The Hall–Kier alpha value is -2.59. The van der Waals surface area contributed by atoms with Crippen molar-refractivity contribution in [2.45, 2.75) is 30.6 Å². The van der Waals surface area contributed by atoms with Crippen LogP contribution in [-0.2, 0) is 35.7 Å². The Bertz CT molecular complexity index is 1530. The van der Waals surface area contributed by atoms with Gasteiger partial charge in [-0.1, -0.05) is 59.6 Å². The minimum Gasteiger partial charge on any atom is -0.294 e. The molecule has 0 aliphatic carbocycles. The van der Waals surface area contributed by atoms with E-state index >= 15 is 0 Å². The van der Waals surface area contributed by atoms with Gasteiger partial charge in [0, 0.05) is 26.1 Å². The predicted octanol–water partition coefficient (Wildman–Crippen LogP) is 6.16. The van der Waals surface area contributed by atoms with Crippen LogP contribution in [0.1, 0.15) is 22.5 Å². The third-order valence-corrected chi connectivity index (χ3v) is 8.51. The minimum atomic E-state index is -4.86. The number of imidazole rings is 1. The van der Waals surface area contributed by atoms with Gasteiger partial charge in [0.25, 0.3) is 10.0 Å². The Balaban J connectivity index is 1.59. The molecule has 0 N–H and O–H groups in total. The zero-order valence-corrected chi connectivity index (χ0v) is 20.4. The number of halogens is 5. The maximum Gasteiger partial charge on any atom is 0.417 e. The van der Waals surface area contributed by atoms with Gasteiger partial charge in [0.2, 0.25) is 0 Å². The van der Waals surface area contributed by atoms with Crippen molar-refractivity contribution in [2.24, 2.45) is 0 Å². The minimum absolute atomic E-state index is 0.0658. The van der Waals surface area contributed by atoms with Crippen LogP contribution >= 0.6 is 23.2 Å². The van der Waals surface area contributed by atoms with Gasteiger partial charge in [0.05, 0.1) is 26.6 Å². The molecule has 1 aliphatic heterocycles. The average Bonchev–Trinajstić information content (AvgIpc) is 3.38. The zero-order chi connectivity index (χ0) is 25.0. The Morgan fingerprint density at radius 3 is 2.17 bits per heavy atom. The molecule has 11 heteroatoms. The maximum absolute atomic E-state index is 13.7. The fourth-order valence-electron chi connectivity index (χ4n) is 4.37. The molecule has 0 amide bonds. The van der Waals surface area contributed by atoms with Crippen LogP contribution in [0.4, 0.5) is 13.2 Å². The lowest BCUT2D eigenvalue weighted by atomic mass is 10.1. The van der Waals surface area contributed by atoms with Crippen LogP contribution < -0.4 is 0 Å². The third kappa shape index (κ3) is 4.42. The smallest absolute Gasteiger partial charge is 0.294 e. The van der Waals surface area contributed by atoms with Gasteiger partial charge in [-0.15, -0.1) is 0 Å². The summed E-state index contributed by atoms with van der Waals surface area (Å²) in [5, 5.41) is 0.236. The molecule has 4 aromatic rings. The summed E-state index contributed by atoms with van der Waals surface area (Å²) in [4.78, 5) is 5.72. The summed E-state index contributed by atoms with van der Waals surface area (Å²) in [5.41, 5.74) is 1.42. The summed E-state index contributed by atoms with van der Waals surface area (Å²) in [6.07, 6.45) is -4.67. The van der Waals surface area contributed by atoms with Gasteiger partial charge in [-0.25, -0.2) is 17.4 Å². The number of nitrogens with zero attached hydrogens (tertiary/aromatic N) is 3. The molecular formula is C24H18Cl2F3N3O2S. The Morgan fingerprint density at radius 2 is 1.51 bits per heavy atom. The Kier molecular flexibility index (Phi) is 6.07. The molecule has 5 nitrogen and oxygen atoms in total. The molecular weight excluding hydrogens is 522 g/mol. The highest BCUT2D eigenvalue weighted by molar-refractivity contribution is 7.90. The van der Waals surface area contributed by atoms with E-state index in [2.05, 4.69) is 9.88 Å². The van der Waals surface area contributed by atoms with Crippen molar-refractivity contribution in [1.82, 2.24) is 13.9 Å². The fourth-order valence-corrected chi connectivity index (χ4v) is 6.41. The molecule has 1 aliphatic rings. The van der Waals surface area contributed by atoms with Crippen LogP contribution in [-0.4, -0.2) is 28.8 Å². The Morgan fingerprint density at radius 1 is 0.914 bits per heavy atom. The molecule has 35 heavy (non-hydrogen) atoms. The first-order chi connectivity index (χ1) is 16.6. The quantitative estimate of drug-likeness (QED) is 0.305. The number of rotatable bonds is 5. The van der Waals surface area contributed by atoms with Crippen molar-refractivity contribution in [2.75, 3.05) is 6.54 Å². The molecule has 182 valence electrons. The standard InChI is InChI=1S/C24H18Cl2F3N3O2S/c25-18-11-20-21(12-19(18)26)32(35(33,34)22-8-4-3-7-17(22)24(27,28)29)23(30-20)9-10-31-13-15-5-1-2-6-16(15)14-31/h1-8,11-12H,9-10,13-14H2. The first-order valence-electron chi connectivity index (χ1n) is 10.6. The molecule has 0 saturated heterocycles. The number of aromatic nitrogens is 2. The van der Waals surface area contributed by atoms with Crippen LogP contribution in [0.3, 0.4) is 0 Å². The van der Waals surface area contributed by atoms with Gasteiger partial charge >= 0.3 is 6.18 Å². The lowest BCUT2D eigenvalue weighted by molar-refractivity contribution is -0.139. The lowest BCUT2D eigenvalue weighted by Gasteiger charge is -2.17. The first kappa shape index (κ1) is 24.1. The molecule has 0 bridgehead atoms. The van der Waals surface area contributed by atoms with E-state index in [4.69, 9.17) is 23.2 Å². The van der Waals surface area contributed by atoms with Crippen molar-refractivity contribution in [3.05, 3.63) is 93.2 Å². The highest BCUT2D eigenvalue weighted by Crippen LogP contribution is 2.37. The molecule has 0 saturated carbocycles. The predicted molar refractivity (Wildman–Crippen MR) is 128 cm³/mol. The van der Waals surface area contributed by atoms with E-state index in [-0.39, 0.29) is 33.3 Å². The second kappa shape index (κ2) is 8.81. The van der Waals surface area contributed by atoms with Crippen LogP contribution in [0.2, 0.25) is 10.0 Å². The van der Waals surface area contributed by atoms with Crippen molar-refractivity contribution >= 4 is 44.3 Å². The monoisotopic (exact) mass is 539 g/mol. The highest BCUT2D eigenvalue weighted by Gasteiger charge is 2.38. The number of fused-ring (bicyclic) bond motifs is 2. The summed E-state index contributed by atoms with van der Waals surface area (Å²) in [5.74, 6) is 0.103. The van der Waals surface area contributed by atoms with Crippen molar-refractivity contribution < 1.29 is 21.6 Å². The van der Waals surface area contributed by atoms with Gasteiger partial charge in [0.1, 0.15) is 10.7 Å². The van der Waals surface area contributed by atoms with E-state index in [1.165, 1.54) is 29.3 Å². The van der Waals surface area contributed by atoms with E-state index in [0.717, 1.165) is 22.2 Å². The molecule has 0 radical (unpaired) electrons. The summed E-state index contributed by atoms with van der Waals surface area (Å²) in [7, 11) is -4.68. The molecule has 5 rings (SSSR count). The van der Waals surface area contributed by atoms with E-state index in [1.807, 2.05) is 24.3 Å². The SMILES string of the molecule is O=S(=O)(c1ccccc1C(F)(F)F)n1c(CCN2Cc3ccccc3C2)nc2cc(Cl)c(Cl)cc21. The van der Waals surface area contributed by atoms with Crippen LogP contribution in [0.25, 0.3) is 11.0 Å².